The van der Waals surface area contributed by atoms with Crippen LogP contribution in [-0.4, -0.2) is 74.2 Å². The van der Waals surface area contributed by atoms with Gasteiger partial charge in [0.1, 0.15) is 10.7 Å². The van der Waals surface area contributed by atoms with E-state index in [-0.39, 0.29) is 23.9 Å². The molecule has 2 heterocycles. The molecule has 0 spiro atoms. The van der Waals surface area contributed by atoms with Gasteiger partial charge < -0.3 is 4.90 Å². The summed E-state index contributed by atoms with van der Waals surface area (Å²) in [6.45, 7) is 7.71. The lowest BCUT2D eigenvalue weighted by Gasteiger charge is -2.38. The van der Waals surface area contributed by atoms with Crippen molar-refractivity contribution >= 4 is 15.9 Å². The highest BCUT2D eigenvalue weighted by Crippen LogP contribution is 2.22. The molecule has 2 fully saturated rings. The first-order valence-electron chi connectivity index (χ1n) is 9.52. The number of rotatable bonds is 4. The Morgan fingerprint density at radius 3 is 2.26 bits per heavy atom. The zero-order chi connectivity index (χ0) is 19.6. The van der Waals surface area contributed by atoms with Crippen LogP contribution in [0.25, 0.3) is 0 Å². The maximum Gasteiger partial charge on any atom is 0.246 e. The number of nitrogens with zero attached hydrogens (tertiary/aromatic N) is 3. The fraction of sp³-hybridized carbons (Fsp3) is 0.632. The van der Waals surface area contributed by atoms with Gasteiger partial charge in [0.2, 0.25) is 15.9 Å². The van der Waals surface area contributed by atoms with Crippen LogP contribution in [0.3, 0.4) is 0 Å². The standard InChI is InChI=1S/C19H28FN3O3S/c1-15-11-16(2)13-21(12-15)14-19(24)22-7-9-23(10-8-22)27(25,26)18-6-4-3-5-17(18)20/h3-6,15-16H,7-14H2,1-2H3/t15-,16+. The molecule has 0 N–H and O–H groups in total. The monoisotopic (exact) mass is 397 g/mol. The van der Waals surface area contributed by atoms with Crippen LogP contribution in [0.4, 0.5) is 4.39 Å². The number of carbonyl (C=O) groups excluding carboxylic acids is 1. The lowest BCUT2D eigenvalue weighted by Crippen LogP contribution is -2.53. The highest BCUT2D eigenvalue weighted by Gasteiger charge is 2.32. The normalized spacial score (nSPS) is 25.5. The van der Waals surface area contributed by atoms with E-state index in [9.17, 15) is 17.6 Å². The number of hydrogen-bond donors (Lipinski definition) is 0. The van der Waals surface area contributed by atoms with Crippen molar-refractivity contribution in [2.24, 2.45) is 11.8 Å². The number of likely N-dealkylation sites (tertiary alicyclic amines) is 1. The maximum absolute atomic E-state index is 13.9. The molecule has 2 saturated heterocycles. The second kappa shape index (κ2) is 8.24. The van der Waals surface area contributed by atoms with Crippen molar-refractivity contribution in [2.45, 2.75) is 25.2 Å². The number of carbonyl (C=O) groups is 1. The van der Waals surface area contributed by atoms with Crippen molar-refractivity contribution in [3.05, 3.63) is 30.1 Å². The van der Waals surface area contributed by atoms with E-state index in [0.29, 0.717) is 31.5 Å². The third-order valence-corrected chi connectivity index (χ3v) is 7.28. The number of piperazine rings is 1. The Morgan fingerprint density at radius 1 is 1.07 bits per heavy atom. The maximum atomic E-state index is 13.9. The zero-order valence-electron chi connectivity index (χ0n) is 16.0. The number of benzene rings is 1. The molecule has 2 atom stereocenters. The van der Waals surface area contributed by atoms with Gasteiger partial charge in [0, 0.05) is 39.3 Å². The molecule has 6 nitrogen and oxygen atoms in total. The smallest absolute Gasteiger partial charge is 0.246 e. The van der Waals surface area contributed by atoms with Gasteiger partial charge in [-0.05, 0) is 30.4 Å². The van der Waals surface area contributed by atoms with Crippen molar-refractivity contribution in [1.29, 1.82) is 0 Å². The Balaban J connectivity index is 1.57. The summed E-state index contributed by atoms with van der Waals surface area (Å²) < 4.78 is 40.5. The molecule has 0 bridgehead atoms. The molecule has 0 aromatic heterocycles. The molecule has 0 aliphatic carbocycles. The van der Waals surface area contributed by atoms with Crippen molar-refractivity contribution in [3.8, 4) is 0 Å². The number of amides is 1. The number of halogens is 1. The molecule has 3 rings (SSSR count). The van der Waals surface area contributed by atoms with Gasteiger partial charge >= 0.3 is 0 Å². The summed E-state index contributed by atoms with van der Waals surface area (Å²) in [6.07, 6.45) is 1.19. The summed E-state index contributed by atoms with van der Waals surface area (Å²) >= 11 is 0. The van der Waals surface area contributed by atoms with Crippen LogP contribution in [0, 0.1) is 17.7 Å². The van der Waals surface area contributed by atoms with E-state index in [2.05, 4.69) is 18.7 Å². The minimum atomic E-state index is -3.87. The number of piperidine rings is 1. The molecular formula is C19H28FN3O3S. The first-order chi connectivity index (χ1) is 12.8. The molecule has 2 aliphatic heterocycles. The number of sulfonamides is 1. The van der Waals surface area contributed by atoms with Crippen LogP contribution in [0.15, 0.2) is 29.2 Å². The van der Waals surface area contributed by atoms with Crippen molar-refractivity contribution in [1.82, 2.24) is 14.1 Å². The van der Waals surface area contributed by atoms with E-state index < -0.39 is 15.8 Å². The molecule has 150 valence electrons. The first kappa shape index (κ1) is 20.2. The summed E-state index contributed by atoms with van der Waals surface area (Å²) in [5.74, 6) is 0.470. The average Bonchev–Trinajstić information content (AvgIpc) is 2.61. The Bertz CT molecular complexity index is 768. The minimum absolute atomic E-state index is 0.0410. The van der Waals surface area contributed by atoms with Gasteiger partial charge in [-0.1, -0.05) is 26.0 Å². The summed E-state index contributed by atoms with van der Waals surface area (Å²) in [5.41, 5.74) is 0. The molecule has 0 radical (unpaired) electrons. The van der Waals surface area contributed by atoms with Crippen LogP contribution < -0.4 is 0 Å². The summed E-state index contributed by atoms with van der Waals surface area (Å²) in [7, 11) is -3.87. The van der Waals surface area contributed by atoms with Gasteiger partial charge in [0.25, 0.3) is 0 Å². The lowest BCUT2D eigenvalue weighted by atomic mass is 9.92. The van der Waals surface area contributed by atoms with Gasteiger partial charge in [-0.3, -0.25) is 9.69 Å². The Kier molecular flexibility index (Phi) is 6.18. The number of hydrogen-bond acceptors (Lipinski definition) is 4. The third-order valence-electron chi connectivity index (χ3n) is 5.35. The zero-order valence-corrected chi connectivity index (χ0v) is 16.8. The van der Waals surface area contributed by atoms with E-state index in [4.69, 9.17) is 0 Å². The minimum Gasteiger partial charge on any atom is -0.339 e. The SMILES string of the molecule is C[C@@H]1C[C@H](C)CN(CC(=O)N2CCN(S(=O)(=O)c3ccccc3F)CC2)C1. The summed E-state index contributed by atoms with van der Waals surface area (Å²) in [4.78, 5) is 16.2. The Morgan fingerprint density at radius 2 is 1.67 bits per heavy atom. The average molecular weight is 398 g/mol. The fourth-order valence-electron chi connectivity index (χ4n) is 4.18. The Hall–Kier alpha value is -1.51. The van der Waals surface area contributed by atoms with E-state index in [1.165, 1.54) is 28.9 Å². The molecule has 8 heteroatoms. The molecule has 0 unspecified atom stereocenters. The predicted molar refractivity (Wildman–Crippen MR) is 101 cm³/mol. The summed E-state index contributed by atoms with van der Waals surface area (Å²) in [5, 5.41) is 0. The molecule has 1 aromatic carbocycles. The van der Waals surface area contributed by atoms with Crippen LogP contribution in [0.1, 0.15) is 20.3 Å². The van der Waals surface area contributed by atoms with E-state index in [1.54, 1.807) is 4.90 Å². The predicted octanol–water partition coefficient (Wildman–Crippen LogP) is 1.64. The van der Waals surface area contributed by atoms with Gasteiger partial charge in [-0.15, -0.1) is 0 Å². The quantitative estimate of drug-likeness (QED) is 0.775. The third kappa shape index (κ3) is 4.67. The largest absolute Gasteiger partial charge is 0.339 e. The van der Waals surface area contributed by atoms with Crippen LogP contribution >= 0.6 is 0 Å². The second-order valence-corrected chi connectivity index (χ2v) is 9.76. The van der Waals surface area contributed by atoms with Crippen LogP contribution in [0.2, 0.25) is 0 Å². The molecule has 1 aromatic rings. The van der Waals surface area contributed by atoms with E-state index in [0.717, 1.165) is 19.2 Å². The van der Waals surface area contributed by atoms with Crippen molar-refractivity contribution in [3.63, 3.8) is 0 Å². The molecule has 0 saturated carbocycles. The van der Waals surface area contributed by atoms with Crippen LogP contribution in [-0.2, 0) is 14.8 Å². The van der Waals surface area contributed by atoms with Gasteiger partial charge in [0.05, 0.1) is 6.54 Å². The van der Waals surface area contributed by atoms with Gasteiger partial charge in [-0.2, -0.15) is 4.31 Å². The van der Waals surface area contributed by atoms with Crippen molar-refractivity contribution < 1.29 is 17.6 Å². The highest BCUT2D eigenvalue weighted by molar-refractivity contribution is 7.89. The lowest BCUT2D eigenvalue weighted by molar-refractivity contribution is -0.134. The van der Waals surface area contributed by atoms with E-state index >= 15 is 0 Å². The Labute approximate surface area is 161 Å². The molecule has 1 amide bonds. The topological polar surface area (TPSA) is 60.9 Å². The first-order valence-corrected chi connectivity index (χ1v) is 11.0. The highest BCUT2D eigenvalue weighted by atomic mass is 32.2. The van der Waals surface area contributed by atoms with Crippen molar-refractivity contribution in [2.75, 3.05) is 45.8 Å². The van der Waals surface area contributed by atoms with Crippen LogP contribution in [0.5, 0.6) is 0 Å². The molecule has 2 aliphatic rings. The second-order valence-electron chi connectivity index (χ2n) is 7.86. The fourth-order valence-corrected chi connectivity index (χ4v) is 5.67. The molecular weight excluding hydrogens is 369 g/mol. The molecule has 27 heavy (non-hydrogen) atoms. The van der Waals surface area contributed by atoms with E-state index in [1.807, 2.05) is 0 Å². The van der Waals surface area contributed by atoms with Gasteiger partial charge in [0.15, 0.2) is 0 Å². The summed E-state index contributed by atoms with van der Waals surface area (Å²) in [6, 6.07) is 5.40. The van der Waals surface area contributed by atoms with Gasteiger partial charge in [-0.25, -0.2) is 12.8 Å².